The van der Waals surface area contributed by atoms with Gasteiger partial charge in [0.25, 0.3) is 0 Å². The summed E-state index contributed by atoms with van der Waals surface area (Å²) < 4.78 is 5.70. The molecule has 4 nitrogen and oxygen atoms in total. The number of piperidine rings is 2. The Labute approximate surface area is 140 Å². The van der Waals surface area contributed by atoms with E-state index in [2.05, 4.69) is 10.2 Å². The smallest absolute Gasteiger partial charge is 0.222 e. The van der Waals surface area contributed by atoms with Crippen LogP contribution in [0.2, 0.25) is 0 Å². The third-order valence-electron chi connectivity index (χ3n) is 5.64. The molecule has 5 heteroatoms. The molecule has 3 aliphatic heterocycles. The number of hydrogen-bond acceptors (Lipinski definition) is 3. The van der Waals surface area contributed by atoms with Crippen LogP contribution in [-0.4, -0.2) is 50.2 Å². The average molecular weight is 331 g/mol. The Kier molecular flexibility index (Phi) is 6.97. The summed E-state index contributed by atoms with van der Waals surface area (Å²) in [6, 6.07) is 0. The van der Waals surface area contributed by atoms with Crippen molar-refractivity contribution in [1.29, 1.82) is 0 Å². The molecule has 0 bridgehead atoms. The molecular weight excluding hydrogens is 300 g/mol. The molecule has 3 saturated heterocycles. The van der Waals surface area contributed by atoms with E-state index >= 15 is 0 Å². The van der Waals surface area contributed by atoms with Gasteiger partial charge in [0.1, 0.15) is 0 Å². The molecule has 3 rings (SSSR count). The molecule has 0 aliphatic carbocycles. The highest BCUT2D eigenvalue weighted by atomic mass is 35.5. The highest BCUT2D eigenvalue weighted by molar-refractivity contribution is 5.85. The predicted molar refractivity (Wildman–Crippen MR) is 90.4 cm³/mol. The summed E-state index contributed by atoms with van der Waals surface area (Å²) in [4.78, 5) is 14.7. The van der Waals surface area contributed by atoms with Gasteiger partial charge in [-0.2, -0.15) is 0 Å². The van der Waals surface area contributed by atoms with Crippen LogP contribution in [0.5, 0.6) is 0 Å². The molecule has 1 atom stereocenters. The van der Waals surface area contributed by atoms with Crippen molar-refractivity contribution in [2.75, 3.05) is 39.4 Å². The molecule has 0 aromatic rings. The molecule has 1 amide bonds. The molecule has 0 aromatic heterocycles. The Hall–Kier alpha value is -0.320. The van der Waals surface area contributed by atoms with Crippen molar-refractivity contribution in [2.24, 2.45) is 11.3 Å². The number of carbonyl (C=O) groups is 1. The summed E-state index contributed by atoms with van der Waals surface area (Å²) in [6.45, 7) is 5.94. The fourth-order valence-corrected chi connectivity index (χ4v) is 4.31. The van der Waals surface area contributed by atoms with Crippen molar-refractivity contribution in [3.8, 4) is 0 Å². The lowest BCUT2D eigenvalue weighted by atomic mass is 9.75. The van der Waals surface area contributed by atoms with Crippen LogP contribution in [0.1, 0.15) is 51.4 Å². The van der Waals surface area contributed by atoms with Crippen molar-refractivity contribution in [3.05, 3.63) is 0 Å². The second-order valence-electron chi connectivity index (χ2n) is 7.31. The van der Waals surface area contributed by atoms with Crippen molar-refractivity contribution in [3.63, 3.8) is 0 Å². The van der Waals surface area contributed by atoms with Crippen molar-refractivity contribution >= 4 is 18.3 Å². The first-order valence-electron chi connectivity index (χ1n) is 8.84. The Morgan fingerprint density at radius 1 is 1.23 bits per heavy atom. The van der Waals surface area contributed by atoms with Crippen molar-refractivity contribution in [1.82, 2.24) is 10.2 Å². The predicted octanol–water partition coefficient (Wildman–Crippen LogP) is 2.61. The Balaban J connectivity index is 0.00000176. The molecule has 22 heavy (non-hydrogen) atoms. The van der Waals surface area contributed by atoms with Gasteiger partial charge in [0.15, 0.2) is 0 Å². The van der Waals surface area contributed by atoms with Crippen LogP contribution in [0.25, 0.3) is 0 Å². The fourth-order valence-electron chi connectivity index (χ4n) is 4.31. The molecule has 128 valence electrons. The standard InChI is InChI=1S/C17H30N2O2.ClH/c20-16(4-3-15-5-9-18-10-6-15)19-11-1-7-17(13-19)8-2-12-21-14-17;/h15,18H,1-14H2;1H. The Morgan fingerprint density at radius 2 is 2.00 bits per heavy atom. The first-order valence-corrected chi connectivity index (χ1v) is 8.84. The number of amides is 1. The number of ether oxygens (including phenoxy) is 1. The number of hydrogen-bond donors (Lipinski definition) is 1. The largest absolute Gasteiger partial charge is 0.381 e. The normalized spacial score (nSPS) is 30.1. The minimum Gasteiger partial charge on any atom is -0.381 e. The molecule has 0 aromatic carbocycles. The van der Waals surface area contributed by atoms with Gasteiger partial charge in [-0.05, 0) is 64.0 Å². The van der Waals surface area contributed by atoms with Gasteiger partial charge in [-0.1, -0.05) is 0 Å². The van der Waals surface area contributed by atoms with Crippen molar-refractivity contribution in [2.45, 2.75) is 51.4 Å². The zero-order valence-electron chi connectivity index (χ0n) is 13.6. The first-order chi connectivity index (χ1) is 10.3. The lowest BCUT2D eigenvalue weighted by Gasteiger charge is -2.45. The van der Waals surface area contributed by atoms with Crippen LogP contribution in [-0.2, 0) is 9.53 Å². The van der Waals surface area contributed by atoms with E-state index in [9.17, 15) is 4.79 Å². The van der Waals surface area contributed by atoms with Crippen LogP contribution in [0.4, 0.5) is 0 Å². The summed E-state index contributed by atoms with van der Waals surface area (Å²) in [5, 5.41) is 3.40. The van der Waals surface area contributed by atoms with Gasteiger partial charge in [0, 0.05) is 31.5 Å². The maximum Gasteiger partial charge on any atom is 0.222 e. The van der Waals surface area contributed by atoms with Gasteiger partial charge in [-0.25, -0.2) is 0 Å². The van der Waals surface area contributed by atoms with E-state index in [1.807, 2.05) is 0 Å². The third-order valence-corrected chi connectivity index (χ3v) is 5.64. The lowest BCUT2D eigenvalue weighted by molar-refractivity contribution is -0.138. The summed E-state index contributed by atoms with van der Waals surface area (Å²) in [5.74, 6) is 1.14. The molecule has 1 unspecified atom stereocenters. The summed E-state index contributed by atoms with van der Waals surface area (Å²) in [7, 11) is 0. The van der Waals surface area contributed by atoms with Crippen LogP contribution in [0.3, 0.4) is 0 Å². The van der Waals surface area contributed by atoms with E-state index < -0.39 is 0 Å². The topological polar surface area (TPSA) is 41.6 Å². The van der Waals surface area contributed by atoms with E-state index in [1.54, 1.807) is 0 Å². The molecule has 0 saturated carbocycles. The quantitative estimate of drug-likeness (QED) is 0.865. The SMILES string of the molecule is Cl.O=C(CCC1CCNCC1)N1CCCC2(CCCOC2)C1. The minimum absolute atomic E-state index is 0. The molecule has 3 aliphatic rings. The van der Waals surface area contributed by atoms with Crippen LogP contribution in [0.15, 0.2) is 0 Å². The summed E-state index contributed by atoms with van der Waals surface area (Å²) in [5.41, 5.74) is 0.279. The van der Waals surface area contributed by atoms with E-state index in [0.29, 0.717) is 5.91 Å². The monoisotopic (exact) mass is 330 g/mol. The molecule has 0 radical (unpaired) electrons. The number of likely N-dealkylation sites (tertiary alicyclic amines) is 1. The number of rotatable bonds is 3. The van der Waals surface area contributed by atoms with E-state index in [4.69, 9.17) is 4.74 Å². The fraction of sp³-hybridized carbons (Fsp3) is 0.941. The van der Waals surface area contributed by atoms with Gasteiger partial charge in [-0.3, -0.25) is 4.79 Å². The number of nitrogens with one attached hydrogen (secondary N) is 1. The number of carbonyl (C=O) groups excluding carboxylic acids is 1. The highest BCUT2D eigenvalue weighted by Crippen LogP contribution is 2.37. The highest BCUT2D eigenvalue weighted by Gasteiger charge is 2.38. The zero-order valence-corrected chi connectivity index (χ0v) is 14.5. The lowest BCUT2D eigenvalue weighted by Crippen LogP contribution is -2.49. The van der Waals surface area contributed by atoms with Crippen LogP contribution >= 0.6 is 12.4 Å². The van der Waals surface area contributed by atoms with Gasteiger partial charge in [0.2, 0.25) is 5.91 Å². The maximum atomic E-state index is 12.5. The van der Waals surface area contributed by atoms with Crippen LogP contribution in [0, 0.1) is 11.3 Å². The number of halogens is 1. The average Bonchev–Trinajstić information content (AvgIpc) is 2.54. The van der Waals surface area contributed by atoms with E-state index in [1.165, 1.54) is 25.7 Å². The summed E-state index contributed by atoms with van der Waals surface area (Å²) in [6.07, 6.45) is 9.12. The van der Waals surface area contributed by atoms with Gasteiger partial charge >= 0.3 is 0 Å². The number of nitrogens with zero attached hydrogens (tertiary/aromatic N) is 1. The molecular formula is C17H31ClN2O2. The molecule has 3 fully saturated rings. The van der Waals surface area contributed by atoms with Crippen LogP contribution < -0.4 is 5.32 Å². The van der Waals surface area contributed by atoms with E-state index in [0.717, 1.165) is 71.0 Å². The second-order valence-corrected chi connectivity index (χ2v) is 7.31. The minimum atomic E-state index is 0. The maximum absolute atomic E-state index is 12.5. The Morgan fingerprint density at radius 3 is 2.73 bits per heavy atom. The van der Waals surface area contributed by atoms with Gasteiger partial charge < -0.3 is 15.0 Å². The molecule has 1 N–H and O–H groups in total. The third kappa shape index (κ3) is 4.59. The molecule has 3 heterocycles. The Bertz CT molecular complexity index is 347. The zero-order chi connectivity index (χ0) is 14.5. The first kappa shape index (κ1) is 18.0. The molecule has 1 spiro atoms. The van der Waals surface area contributed by atoms with Crippen molar-refractivity contribution < 1.29 is 9.53 Å². The van der Waals surface area contributed by atoms with E-state index in [-0.39, 0.29) is 17.8 Å². The summed E-state index contributed by atoms with van der Waals surface area (Å²) >= 11 is 0. The van der Waals surface area contributed by atoms with Gasteiger partial charge in [0.05, 0.1) is 6.61 Å². The van der Waals surface area contributed by atoms with Gasteiger partial charge in [-0.15, -0.1) is 12.4 Å². The second kappa shape index (κ2) is 8.51.